The molecule has 1 aromatic rings. The van der Waals surface area contributed by atoms with Crippen LogP contribution >= 0.6 is 0 Å². The molecule has 96 valence electrons. The maximum atomic E-state index is 13.0. The van der Waals surface area contributed by atoms with E-state index in [1.165, 1.54) is 12.1 Å². The van der Waals surface area contributed by atoms with Crippen molar-refractivity contribution in [3.05, 3.63) is 35.6 Å². The maximum Gasteiger partial charge on any atom is 0.412 e. The normalized spacial score (nSPS) is 26.2. The quantitative estimate of drug-likeness (QED) is 0.758. The Morgan fingerprint density at radius 2 is 2.17 bits per heavy atom. The lowest BCUT2D eigenvalue weighted by Gasteiger charge is -2.13. The number of carbonyl (C=O) groups is 1. The third-order valence-electron chi connectivity index (χ3n) is 3.21. The second kappa shape index (κ2) is 4.57. The zero-order valence-corrected chi connectivity index (χ0v) is 9.84. The number of hydrogen-bond donors (Lipinski definition) is 0. The summed E-state index contributed by atoms with van der Waals surface area (Å²) in [5, 5.41) is 0. The minimum absolute atomic E-state index is 0.312. The van der Waals surface area contributed by atoms with Gasteiger partial charge < -0.3 is 14.4 Å². The van der Waals surface area contributed by atoms with Gasteiger partial charge in [-0.05, 0) is 30.5 Å². The van der Waals surface area contributed by atoms with Crippen LogP contribution in [0.15, 0.2) is 24.3 Å². The molecule has 2 saturated heterocycles. The number of carbonyl (C=O) groups excluding carboxylic acids is 1. The Hall–Kier alpha value is -1.62. The van der Waals surface area contributed by atoms with Crippen molar-refractivity contribution >= 4 is 6.09 Å². The Labute approximate surface area is 104 Å². The van der Waals surface area contributed by atoms with E-state index in [-0.39, 0.29) is 18.0 Å². The van der Waals surface area contributed by atoms with Gasteiger partial charge in [-0.15, -0.1) is 0 Å². The SMILES string of the molecule is O=C(O[C@H]1O[C@@H]1c1cccc(F)c1)N1CCCC1. The summed E-state index contributed by atoms with van der Waals surface area (Å²) in [6, 6.07) is 6.15. The molecule has 1 aromatic carbocycles. The summed E-state index contributed by atoms with van der Waals surface area (Å²) < 4.78 is 23.5. The highest BCUT2D eigenvalue weighted by atomic mass is 19.1. The Morgan fingerprint density at radius 1 is 1.39 bits per heavy atom. The summed E-state index contributed by atoms with van der Waals surface area (Å²) in [7, 11) is 0. The molecule has 2 fully saturated rings. The van der Waals surface area contributed by atoms with Gasteiger partial charge in [-0.25, -0.2) is 9.18 Å². The Bertz CT molecular complexity index is 459. The van der Waals surface area contributed by atoms with Gasteiger partial charge in [0.25, 0.3) is 0 Å². The Balaban J connectivity index is 1.56. The van der Waals surface area contributed by atoms with Gasteiger partial charge in [0.15, 0.2) is 0 Å². The summed E-state index contributed by atoms with van der Waals surface area (Å²) in [6.45, 7) is 1.49. The van der Waals surface area contributed by atoms with Gasteiger partial charge in [0, 0.05) is 13.1 Å². The maximum absolute atomic E-state index is 13.0. The largest absolute Gasteiger partial charge is 0.416 e. The summed E-state index contributed by atoms with van der Waals surface area (Å²) >= 11 is 0. The third kappa shape index (κ3) is 2.31. The van der Waals surface area contributed by atoms with Gasteiger partial charge >= 0.3 is 6.09 Å². The molecule has 3 rings (SSSR count). The molecule has 0 aliphatic carbocycles. The van der Waals surface area contributed by atoms with E-state index in [1.807, 2.05) is 0 Å². The number of halogens is 1. The fourth-order valence-electron chi connectivity index (χ4n) is 2.18. The number of rotatable bonds is 2. The average Bonchev–Trinajstić information content (AvgIpc) is 2.91. The Kier molecular flexibility index (Phi) is 2.91. The smallest absolute Gasteiger partial charge is 0.412 e. The van der Waals surface area contributed by atoms with E-state index in [0.29, 0.717) is 5.56 Å². The van der Waals surface area contributed by atoms with Gasteiger partial charge in [0.2, 0.25) is 6.29 Å². The lowest BCUT2D eigenvalue weighted by atomic mass is 10.1. The second-order valence-electron chi connectivity index (χ2n) is 4.56. The van der Waals surface area contributed by atoms with E-state index in [0.717, 1.165) is 25.9 Å². The molecule has 0 saturated carbocycles. The molecule has 1 amide bonds. The molecular weight excluding hydrogens is 237 g/mol. The number of benzene rings is 1. The summed E-state index contributed by atoms with van der Waals surface area (Å²) in [6.07, 6.45) is 0.811. The van der Waals surface area contributed by atoms with Crippen LogP contribution in [-0.2, 0) is 9.47 Å². The Morgan fingerprint density at radius 3 is 2.89 bits per heavy atom. The zero-order valence-electron chi connectivity index (χ0n) is 9.84. The van der Waals surface area contributed by atoms with E-state index >= 15 is 0 Å². The molecule has 2 atom stereocenters. The molecule has 2 aliphatic rings. The molecule has 18 heavy (non-hydrogen) atoms. The minimum Gasteiger partial charge on any atom is -0.416 e. The standard InChI is InChI=1S/C13H14FNO3/c14-10-5-3-4-9(8-10)11-12(17-11)18-13(16)15-6-1-2-7-15/h3-5,8,11-12H,1-2,6-7H2/t11-,12-/m1/s1. The minimum atomic E-state index is -0.570. The van der Waals surface area contributed by atoms with Gasteiger partial charge in [0.1, 0.15) is 11.9 Å². The highest BCUT2D eigenvalue weighted by molar-refractivity contribution is 5.68. The van der Waals surface area contributed by atoms with E-state index in [1.54, 1.807) is 17.0 Å². The van der Waals surface area contributed by atoms with Crippen molar-refractivity contribution in [2.75, 3.05) is 13.1 Å². The van der Waals surface area contributed by atoms with Crippen LogP contribution in [-0.4, -0.2) is 30.4 Å². The molecule has 0 unspecified atom stereocenters. The molecule has 2 aliphatic heterocycles. The van der Waals surface area contributed by atoms with E-state index in [9.17, 15) is 9.18 Å². The molecule has 0 aromatic heterocycles. The van der Waals surface area contributed by atoms with Gasteiger partial charge in [0.05, 0.1) is 0 Å². The highest BCUT2D eigenvalue weighted by Crippen LogP contribution is 2.39. The lowest BCUT2D eigenvalue weighted by molar-refractivity contribution is 0.0658. The highest BCUT2D eigenvalue weighted by Gasteiger charge is 2.45. The first-order chi connectivity index (χ1) is 8.74. The topological polar surface area (TPSA) is 42.1 Å². The molecule has 0 N–H and O–H groups in total. The van der Waals surface area contributed by atoms with E-state index in [2.05, 4.69) is 0 Å². The number of likely N-dealkylation sites (tertiary alicyclic amines) is 1. The summed E-state index contributed by atoms with van der Waals surface area (Å²) in [5.74, 6) is -0.312. The molecule has 4 nitrogen and oxygen atoms in total. The predicted molar refractivity (Wildman–Crippen MR) is 61.3 cm³/mol. The fourth-order valence-corrected chi connectivity index (χ4v) is 2.18. The van der Waals surface area contributed by atoms with Gasteiger partial charge in [-0.3, -0.25) is 0 Å². The first-order valence-electron chi connectivity index (χ1n) is 6.10. The van der Waals surface area contributed by atoms with Crippen molar-refractivity contribution in [1.29, 1.82) is 0 Å². The van der Waals surface area contributed by atoms with Gasteiger partial charge in [-0.2, -0.15) is 0 Å². The molecule has 2 heterocycles. The second-order valence-corrected chi connectivity index (χ2v) is 4.56. The first kappa shape index (κ1) is 11.5. The zero-order chi connectivity index (χ0) is 12.5. The number of ether oxygens (including phenoxy) is 2. The van der Waals surface area contributed by atoms with Gasteiger partial charge in [-0.1, -0.05) is 12.1 Å². The van der Waals surface area contributed by atoms with Crippen LogP contribution in [0.1, 0.15) is 24.5 Å². The van der Waals surface area contributed by atoms with Crippen LogP contribution in [0.2, 0.25) is 0 Å². The molecule has 0 spiro atoms. The van der Waals surface area contributed by atoms with Crippen LogP contribution < -0.4 is 0 Å². The number of epoxide rings is 1. The van der Waals surface area contributed by atoms with Crippen molar-refractivity contribution in [3.63, 3.8) is 0 Å². The average molecular weight is 251 g/mol. The fraction of sp³-hybridized carbons (Fsp3) is 0.462. The predicted octanol–water partition coefficient (Wildman–Crippen LogP) is 2.46. The van der Waals surface area contributed by atoms with Crippen molar-refractivity contribution in [2.45, 2.75) is 25.2 Å². The van der Waals surface area contributed by atoms with Crippen LogP contribution in [0.25, 0.3) is 0 Å². The van der Waals surface area contributed by atoms with E-state index in [4.69, 9.17) is 9.47 Å². The van der Waals surface area contributed by atoms with Crippen molar-refractivity contribution in [1.82, 2.24) is 4.90 Å². The molecular formula is C13H14FNO3. The lowest BCUT2D eigenvalue weighted by Crippen LogP contribution is -2.29. The molecule has 0 bridgehead atoms. The summed E-state index contributed by atoms with van der Waals surface area (Å²) in [5.41, 5.74) is 0.703. The van der Waals surface area contributed by atoms with Crippen LogP contribution in [0.5, 0.6) is 0 Å². The molecule has 0 radical (unpaired) electrons. The van der Waals surface area contributed by atoms with Crippen LogP contribution in [0.4, 0.5) is 9.18 Å². The van der Waals surface area contributed by atoms with Crippen LogP contribution in [0, 0.1) is 5.82 Å². The number of amides is 1. The first-order valence-corrected chi connectivity index (χ1v) is 6.10. The monoisotopic (exact) mass is 251 g/mol. The third-order valence-corrected chi connectivity index (χ3v) is 3.21. The number of hydrogen-bond acceptors (Lipinski definition) is 3. The van der Waals surface area contributed by atoms with Crippen molar-refractivity contribution in [2.24, 2.45) is 0 Å². The number of nitrogens with zero attached hydrogens (tertiary/aromatic N) is 1. The van der Waals surface area contributed by atoms with Crippen molar-refractivity contribution < 1.29 is 18.7 Å². The summed E-state index contributed by atoms with van der Waals surface area (Å²) in [4.78, 5) is 13.4. The van der Waals surface area contributed by atoms with Crippen molar-refractivity contribution in [3.8, 4) is 0 Å². The van der Waals surface area contributed by atoms with E-state index < -0.39 is 6.29 Å². The van der Waals surface area contributed by atoms with Crippen LogP contribution in [0.3, 0.4) is 0 Å². The molecule has 5 heteroatoms.